The predicted octanol–water partition coefficient (Wildman–Crippen LogP) is 0.673. The van der Waals surface area contributed by atoms with E-state index in [9.17, 15) is 9.59 Å². The molecule has 0 saturated heterocycles. The number of carbonyl (C=O) groups excluding carboxylic acids is 2. The second kappa shape index (κ2) is 4.28. The molecule has 0 bridgehead atoms. The van der Waals surface area contributed by atoms with Gasteiger partial charge in [-0.3, -0.25) is 4.79 Å². The van der Waals surface area contributed by atoms with Crippen molar-refractivity contribution in [3.05, 3.63) is 35.9 Å². The molecule has 1 rings (SSSR count). The first-order chi connectivity index (χ1) is 5.88. The van der Waals surface area contributed by atoms with Gasteiger partial charge in [-0.15, -0.1) is 0 Å². The molecule has 0 spiro atoms. The molecule has 1 N–H and O–H groups in total. The Bertz CT molecular complexity index is 258. The van der Waals surface area contributed by atoms with Crippen molar-refractivity contribution in [3.63, 3.8) is 0 Å². The molecule has 1 unspecified atom stereocenters. The van der Waals surface area contributed by atoms with Crippen molar-refractivity contribution in [3.8, 4) is 0 Å². The fourth-order valence-electron chi connectivity index (χ4n) is 0.948. The number of hydrogen-bond donors (Lipinski definition) is 1. The summed E-state index contributed by atoms with van der Waals surface area (Å²) in [6, 6.07) is 8.54. The molecular formula is C9H9NO2. The first-order valence-corrected chi connectivity index (χ1v) is 3.58. The van der Waals surface area contributed by atoms with Gasteiger partial charge in [-0.2, -0.15) is 0 Å². The van der Waals surface area contributed by atoms with Crippen LogP contribution in [-0.2, 0) is 9.59 Å². The Balaban J connectivity index is 2.79. The molecule has 0 radical (unpaired) electrons. The van der Waals surface area contributed by atoms with Crippen molar-refractivity contribution in [2.24, 2.45) is 0 Å². The van der Waals surface area contributed by atoms with Crippen molar-refractivity contribution in [2.45, 2.75) is 6.04 Å². The Morgan fingerprint density at radius 1 is 1.17 bits per heavy atom. The summed E-state index contributed by atoms with van der Waals surface area (Å²) in [6.07, 6.45) is 1.22. The fraction of sp³-hybridized carbons (Fsp3) is 0.111. The molecule has 62 valence electrons. The highest BCUT2D eigenvalue weighted by atomic mass is 16.1. The molecule has 1 aromatic rings. The van der Waals surface area contributed by atoms with Crippen molar-refractivity contribution >= 4 is 12.7 Å². The molecule has 1 amide bonds. The molecule has 0 heterocycles. The summed E-state index contributed by atoms with van der Waals surface area (Å²) in [7, 11) is 0. The maximum Gasteiger partial charge on any atom is 0.207 e. The average molecular weight is 163 g/mol. The first-order valence-electron chi connectivity index (χ1n) is 3.58. The van der Waals surface area contributed by atoms with Crippen LogP contribution in [0.3, 0.4) is 0 Å². The fourth-order valence-corrected chi connectivity index (χ4v) is 0.948. The van der Waals surface area contributed by atoms with E-state index in [0.717, 1.165) is 5.56 Å². The van der Waals surface area contributed by atoms with Gasteiger partial charge in [-0.1, -0.05) is 30.3 Å². The highest BCUT2D eigenvalue weighted by Crippen LogP contribution is 2.08. The van der Waals surface area contributed by atoms with Crippen LogP contribution in [0.1, 0.15) is 11.6 Å². The van der Waals surface area contributed by atoms with Gasteiger partial charge in [-0.05, 0) is 5.56 Å². The van der Waals surface area contributed by atoms with Gasteiger partial charge in [0.15, 0.2) is 0 Å². The molecule has 12 heavy (non-hydrogen) atoms. The summed E-state index contributed by atoms with van der Waals surface area (Å²) in [5.41, 5.74) is 0.791. The molecule has 0 aliphatic heterocycles. The van der Waals surface area contributed by atoms with Crippen molar-refractivity contribution in [2.75, 3.05) is 0 Å². The van der Waals surface area contributed by atoms with Gasteiger partial charge in [0.25, 0.3) is 0 Å². The quantitative estimate of drug-likeness (QED) is 0.663. The van der Waals surface area contributed by atoms with Crippen molar-refractivity contribution in [1.29, 1.82) is 0 Å². The van der Waals surface area contributed by atoms with Crippen LogP contribution in [0.15, 0.2) is 30.3 Å². The van der Waals surface area contributed by atoms with E-state index in [-0.39, 0.29) is 0 Å². The molecular weight excluding hydrogens is 154 g/mol. The number of benzene rings is 1. The zero-order valence-electron chi connectivity index (χ0n) is 6.44. The lowest BCUT2D eigenvalue weighted by molar-refractivity contribution is -0.115. The van der Waals surface area contributed by atoms with E-state index in [1.165, 1.54) is 0 Å². The lowest BCUT2D eigenvalue weighted by atomic mass is 10.1. The molecule has 1 aromatic carbocycles. The minimum absolute atomic E-state index is 0.520. The Kier molecular flexibility index (Phi) is 3.02. The number of nitrogens with one attached hydrogen (secondary N) is 1. The topological polar surface area (TPSA) is 46.2 Å². The van der Waals surface area contributed by atoms with Crippen LogP contribution in [0.4, 0.5) is 0 Å². The smallest absolute Gasteiger partial charge is 0.207 e. The third-order valence-electron chi connectivity index (χ3n) is 1.54. The van der Waals surface area contributed by atoms with Crippen LogP contribution in [0.2, 0.25) is 0 Å². The van der Waals surface area contributed by atoms with Crippen LogP contribution in [0.25, 0.3) is 0 Å². The lowest BCUT2D eigenvalue weighted by Crippen LogP contribution is -2.20. The van der Waals surface area contributed by atoms with Gasteiger partial charge in [0.2, 0.25) is 6.41 Å². The van der Waals surface area contributed by atoms with E-state index >= 15 is 0 Å². The predicted molar refractivity (Wildman–Crippen MR) is 44.4 cm³/mol. The second-order valence-corrected chi connectivity index (χ2v) is 2.31. The maximum absolute atomic E-state index is 10.5. The van der Waals surface area contributed by atoms with Crippen LogP contribution >= 0.6 is 0 Å². The lowest BCUT2D eigenvalue weighted by Gasteiger charge is -2.07. The van der Waals surface area contributed by atoms with Crippen molar-refractivity contribution < 1.29 is 9.59 Å². The number of carbonyl (C=O) groups is 2. The summed E-state index contributed by atoms with van der Waals surface area (Å²) >= 11 is 0. The van der Waals surface area contributed by atoms with E-state index in [0.29, 0.717) is 12.7 Å². The Labute approximate surface area is 70.4 Å². The highest BCUT2D eigenvalue weighted by molar-refractivity contribution is 5.66. The summed E-state index contributed by atoms with van der Waals surface area (Å²) in [4.78, 5) is 20.6. The normalized spacial score (nSPS) is 11.7. The number of aldehydes is 1. The van der Waals surface area contributed by atoms with Crippen LogP contribution in [0, 0.1) is 0 Å². The SMILES string of the molecule is O=CNC(C=O)c1ccccc1. The molecule has 0 fully saturated rings. The van der Waals surface area contributed by atoms with E-state index in [1.807, 2.05) is 18.2 Å². The summed E-state index contributed by atoms with van der Waals surface area (Å²) in [5.74, 6) is 0. The van der Waals surface area contributed by atoms with Crippen LogP contribution < -0.4 is 5.32 Å². The number of rotatable bonds is 4. The Hall–Kier alpha value is -1.64. The van der Waals surface area contributed by atoms with Gasteiger partial charge in [0.05, 0.1) is 0 Å². The standard InChI is InChI=1S/C9H9NO2/c11-6-9(10-7-12)8-4-2-1-3-5-8/h1-7,9H,(H,10,12). The molecule has 1 atom stereocenters. The Morgan fingerprint density at radius 2 is 1.83 bits per heavy atom. The van der Waals surface area contributed by atoms with Gasteiger partial charge < -0.3 is 10.1 Å². The van der Waals surface area contributed by atoms with E-state index in [4.69, 9.17) is 0 Å². The first kappa shape index (κ1) is 8.46. The zero-order valence-corrected chi connectivity index (χ0v) is 6.44. The van der Waals surface area contributed by atoms with Gasteiger partial charge >= 0.3 is 0 Å². The number of hydrogen-bond acceptors (Lipinski definition) is 2. The third-order valence-corrected chi connectivity index (χ3v) is 1.54. The largest absolute Gasteiger partial charge is 0.345 e. The third kappa shape index (κ3) is 1.92. The summed E-state index contributed by atoms with van der Waals surface area (Å²) in [6.45, 7) is 0. The maximum atomic E-state index is 10.5. The van der Waals surface area contributed by atoms with Gasteiger partial charge in [0, 0.05) is 0 Å². The molecule has 0 aliphatic rings. The highest BCUT2D eigenvalue weighted by Gasteiger charge is 2.06. The monoisotopic (exact) mass is 163 g/mol. The molecule has 3 heteroatoms. The van der Waals surface area contributed by atoms with E-state index in [1.54, 1.807) is 12.1 Å². The van der Waals surface area contributed by atoms with Gasteiger partial charge in [0.1, 0.15) is 12.3 Å². The van der Waals surface area contributed by atoms with Crippen molar-refractivity contribution in [1.82, 2.24) is 5.32 Å². The molecule has 0 saturated carbocycles. The minimum atomic E-state index is -0.524. The van der Waals surface area contributed by atoms with E-state index < -0.39 is 6.04 Å². The molecule has 0 aromatic heterocycles. The molecule has 0 aliphatic carbocycles. The average Bonchev–Trinajstić information content (AvgIpc) is 2.15. The number of amides is 1. The second-order valence-electron chi connectivity index (χ2n) is 2.31. The van der Waals surface area contributed by atoms with Crippen LogP contribution in [0.5, 0.6) is 0 Å². The minimum Gasteiger partial charge on any atom is -0.345 e. The van der Waals surface area contributed by atoms with E-state index in [2.05, 4.69) is 5.32 Å². The Morgan fingerprint density at radius 3 is 2.33 bits per heavy atom. The zero-order chi connectivity index (χ0) is 8.81. The van der Waals surface area contributed by atoms with Crippen LogP contribution in [-0.4, -0.2) is 12.7 Å². The van der Waals surface area contributed by atoms with Gasteiger partial charge in [-0.25, -0.2) is 0 Å². The summed E-state index contributed by atoms with van der Waals surface area (Å²) in [5, 5.41) is 2.40. The molecule has 3 nitrogen and oxygen atoms in total. The summed E-state index contributed by atoms with van der Waals surface area (Å²) < 4.78 is 0.